The first-order chi connectivity index (χ1) is 17.1. The Kier molecular flexibility index (Phi) is 8.51. The molecule has 0 amide bonds. The zero-order valence-corrected chi connectivity index (χ0v) is 20.8. The molecule has 2 atom stereocenters. The average molecular weight is 502 g/mol. The van der Waals surface area contributed by atoms with E-state index in [1.165, 1.54) is 0 Å². The highest BCUT2D eigenvalue weighted by Gasteiger charge is 2.34. The van der Waals surface area contributed by atoms with Crippen LogP contribution >= 0.6 is 11.6 Å². The monoisotopic (exact) mass is 501 g/mol. The van der Waals surface area contributed by atoms with Gasteiger partial charge in [-0.15, -0.1) is 0 Å². The summed E-state index contributed by atoms with van der Waals surface area (Å²) >= 11 is 6.56. The predicted octanol–water partition coefficient (Wildman–Crippen LogP) is 5.16. The smallest absolute Gasteiger partial charge is 0.151 e. The van der Waals surface area contributed by atoms with Gasteiger partial charge in [0.25, 0.3) is 0 Å². The fraction of sp³-hybridized carbons (Fsp3) is 0.385. The first-order valence-corrected chi connectivity index (χ1v) is 11.7. The van der Waals surface area contributed by atoms with Gasteiger partial charge in [-0.3, -0.25) is 0 Å². The molecule has 0 spiro atoms. The topological polar surface area (TPSA) is 74.7 Å². The van der Waals surface area contributed by atoms with E-state index in [0.29, 0.717) is 45.7 Å². The molecule has 7 nitrogen and oxygen atoms in total. The van der Waals surface area contributed by atoms with Crippen LogP contribution in [0.5, 0.6) is 5.75 Å². The first-order valence-electron chi connectivity index (χ1n) is 11.3. The Labute approximate surface area is 209 Å². The maximum atomic E-state index is 12.9. The van der Waals surface area contributed by atoms with Crippen LogP contribution in [0.3, 0.4) is 0 Å². The number of nitrogens with zero attached hydrogens (tertiary/aromatic N) is 2. The number of halogens is 2. The Bertz CT molecular complexity index is 1160. The van der Waals surface area contributed by atoms with Gasteiger partial charge in [-0.2, -0.15) is 0 Å². The third kappa shape index (κ3) is 5.56. The number of nitrogens with one attached hydrogen (secondary N) is 1. The molecule has 35 heavy (non-hydrogen) atoms. The van der Waals surface area contributed by atoms with Crippen LogP contribution in [-0.4, -0.2) is 50.7 Å². The van der Waals surface area contributed by atoms with Gasteiger partial charge in [-0.05, 0) is 29.3 Å². The van der Waals surface area contributed by atoms with Crippen LogP contribution in [-0.2, 0) is 33.8 Å². The first kappa shape index (κ1) is 25.3. The van der Waals surface area contributed by atoms with Gasteiger partial charge in [0.15, 0.2) is 5.82 Å². The molecule has 1 aromatic heterocycles. The van der Waals surface area contributed by atoms with Crippen LogP contribution in [0, 0.1) is 0 Å². The Balaban J connectivity index is 1.76. The van der Waals surface area contributed by atoms with E-state index in [9.17, 15) is 4.39 Å². The number of rotatable bonds is 11. The maximum Gasteiger partial charge on any atom is 0.151 e. The molecule has 9 heteroatoms. The largest absolute Gasteiger partial charge is 0.497 e. The Morgan fingerprint density at radius 1 is 1.03 bits per heavy atom. The molecule has 1 aliphatic rings. The normalized spacial score (nSPS) is 16.8. The zero-order valence-electron chi connectivity index (χ0n) is 20.0. The summed E-state index contributed by atoms with van der Waals surface area (Å²) in [5.41, 5.74) is 4.81. The van der Waals surface area contributed by atoms with Crippen LogP contribution < -0.4 is 10.1 Å². The van der Waals surface area contributed by atoms with Gasteiger partial charge in [0.05, 0.1) is 55.5 Å². The fourth-order valence-corrected chi connectivity index (χ4v) is 4.61. The van der Waals surface area contributed by atoms with Crippen molar-refractivity contribution < 1.29 is 23.3 Å². The van der Waals surface area contributed by atoms with Crippen molar-refractivity contribution in [3.05, 3.63) is 70.0 Å². The third-order valence-electron chi connectivity index (χ3n) is 5.92. The molecule has 1 heterocycles. The van der Waals surface area contributed by atoms with Crippen LogP contribution in [0.2, 0.25) is 5.02 Å². The van der Waals surface area contributed by atoms with Crippen molar-refractivity contribution in [3.63, 3.8) is 0 Å². The van der Waals surface area contributed by atoms with Gasteiger partial charge >= 0.3 is 0 Å². The highest BCUT2D eigenvalue weighted by Crippen LogP contribution is 2.38. The molecule has 0 aliphatic heterocycles. The summed E-state index contributed by atoms with van der Waals surface area (Å²) in [6, 6.07) is 13.3. The van der Waals surface area contributed by atoms with E-state index in [1.54, 1.807) is 27.4 Å². The van der Waals surface area contributed by atoms with E-state index >= 15 is 0 Å². The van der Waals surface area contributed by atoms with E-state index in [0.717, 1.165) is 11.1 Å². The van der Waals surface area contributed by atoms with E-state index in [1.807, 2.05) is 24.3 Å². The second-order valence-corrected chi connectivity index (χ2v) is 8.56. The molecule has 186 valence electrons. The third-order valence-corrected chi connectivity index (χ3v) is 6.23. The van der Waals surface area contributed by atoms with Crippen molar-refractivity contribution in [2.75, 3.05) is 39.9 Å². The molecular weight excluding hydrogens is 473 g/mol. The lowest BCUT2D eigenvalue weighted by atomic mass is 10.1. The molecular formula is C26H29ClFN3O4. The lowest BCUT2D eigenvalue weighted by Crippen LogP contribution is -2.27. The standard InChI is InChI=1S/C26H29ClFN3O4/c1-32-14-21-24(19-9-8-17(34-3)13-20(19)27)29-22(15-33-2)26(30-21)31-25-18-7-5-4-6-16(18)12-23(25)35-11-10-28/h4-9,13,23,25H,10-12,14-15H2,1-3H3,(H,30,31)/t23-,25+/m0/s1. The number of hydrogen-bond donors (Lipinski definition) is 1. The number of hydrogen-bond acceptors (Lipinski definition) is 7. The second-order valence-electron chi connectivity index (χ2n) is 8.15. The van der Waals surface area contributed by atoms with E-state index in [2.05, 4.69) is 17.4 Å². The van der Waals surface area contributed by atoms with Crippen LogP contribution in [0.25, 0.3) is 11.3 Å². The quantitative estimate of drug-likeness (QED) is 0.389. The SMILES string of the molecule is COCc1nc(-c2ccc(OC)cc2Cl)c(COC)nc1N[C@@H]1c2ccccc2C[C@@H]1OCCF. The Morgan fingerprint density at radius 3 is 2.51 bits per heavy atom. The average Bonchev–Trinajstić information content (AvgIpc) is 3.21. The summed E-state index contributed by atoms with van der Waals surface area (Å²) in [5.74, 6) is 1.21. The van der Waals surface area contributed by atoms with Gasteiger partial charge < -0.3 is 24.3 Å². The molecule has 0 radical (unpaired) electrons. The summed E-state index contributed by atoms with van der Waals surface area (Å²) in [6.07, 6.45) is 0.452. The van der Waals surface area contributed by atoms with Crippen molar-refractivity contribution >= 4 is 17.4 Å². The number of benzene rings is 2. The molecule has 0 unspecified atom stereocenters. The van der Waals surface area contributed by atoms with Crippen LogP contribution in [0.4, 0.5) is 10.2 Å². The van der Waals surface area contributed by atoms with Crippen LogP contribution in [0.15, 0.2) is 42.5 Å². The minimum absolute atomic E-state index is 0.0390. The van der Waals surface area contributed by atoms with Crippen LogP contribution in [0.1, 0.15) is 28.6 Å². The lowest BCUT2D eigenvalue weighted by Gasteiger charge is -2.24. The highest BCUT2D eigenvalue weighted by molar-refractivity contribution is 6.33. The van der Waals surface area contributed by atoms with Crippen molar-refractivity contribution in [1.29, 1.82) is 0 Å². The maximum absolute atomic E-state index is 12.9. The van der Waals surface area contributed by atoms with E-state index in [4.69, 9.17) is 40.5 Å². The number of ether oxygens (including phenoxy) is 4. The van der Waals surface area contributed by atoms with Crippen molar-refractivity contribution in [2.45, 2.75) is 31.8 Å². The number of anilines is 1. The Morgan fingerprint density at radius 2 is 1.80 bits per heavy atom. The van der Waals surface area contributed by atoms with Gasteiger partial charge in [0.1, 0.15) is 18.1 Å². The molecule has 0 fully saturated rings. The highest BCUT2D eigenvalue weighted by atomic mass is 35.5. The molecule has 1 aliphatic carbocycles. The predicted molar refractivity (Wildman–Crippen MR) is 133 cm³/mol. The molecule has 4 rings (SSSR count). The summed E-state index contributed by atoms with van der Waals surface area (Å²) in [6.45, 7) is -0.0374. The van der Waals surface area contributed by atoms with Gasteiger partial charge in [-0.1, -0.05) is 35.9 Å². The lowest BCUT2D eigenvalue weighted by molar-refractivity contribution is 0.0393. The van der Waals surface area contributed by atoms with Gasteiger partial charge in [-0.25, -0.2) is 14.4 Å². The summed E-state index contributed by atoms with van der Waals surface area (Å²) in [4.78, 5) is 9.79. The van der Waals surface area contributed by atoms with Gasteiger partial charge in [0, 0.05) is 26.2 Å². The number of alkyl halides is 1. The van der Waals surface area contributed by atoms with E-state index < -0.39 is 6.67 Å². The minimum atomic E-state index is -0.538. The number of methoxy groups -OCH3 is 3. The number of aromatic nitrogens is 2. The zero-order chi connectivity index (χ0) is 24.8. The molecule has 2 aromatic carbocycles. The second kappa shape index (κ2) is 11.8. The fourth-order valence-electron chi connectivity index (χ4n) is 4.35. The molecule has 0 saturated heterocycles. The van der Waals surface area contributed by atoms with Crippen molar-refractivity contribution in [1.82, 2.24) is 9.97 Å². The summed E-state index contributed by atoms with van der Waals surface area (Å²) in [5, 5.41) is 4.00. The summed E-state index contributed by atoms with van der Waals surface area (Å²) in [7, 11) is 4.79. The van der Waals surface area contributed by atoms with Crippen molar-refractivity contribution in [3.8, 4) is 17.0 Å². The molecule has 0 saturated carbocycles. The molecule has 3 aromatic rings. The number of fused-ring (bicyclic) bond motifs is 1. The molecule has 1 N–H and O–H groups in total. The minimum Gasteiger partial charge on any atom is -0.497 e. The summed E-state index contributed by atoms with van der Waals surface area (Å²) < 4.78 is 34.9. The van der Waals surface area contributed by atoms with Crippen molar-refractivity contribution in [2.24, 2.45) is 0 Å². The Hall–Kier alpha value is -2.78. The molecule has 0 bridgehead atoms. The van der Waals surface area contributed by atoms with Gasteiger partial charge in [0.2, 0.25) is 0 Å². The van der Waals surface area contributed by atoms with E-state index in [-0.39, 0.29) is 32.0 Å².